The summed E-state index contributed by atoms with van der Waals surface area (Å²) in [5, 5.41) is 24.1. The van der Waals surface area contributed by atoms with Gasteiger partial charge in [-0.2, -0.15) is 15.2 Å². The molecule has 0 unspecified atom stereocenters. The third kappa shape index (κ3) is 5.41. The molecule has 194 valence electrons. The third-order valence-electron chi connectivity index (χ3n) is 4.88. The molecule has 3 rings (SSSR count). The van der Waals surface area contributed by atoms with Gasteiger partial charge in [-0.25, -0.2) is 35.1 Å². The molecular weight excluding hydrogens is 518 g/mol. The number of rotatable bonds is 10. The second kappa shape index (κ2) is 10.5. The number of aromatic nitrogens is 5. The van der Waals surface area contributed by atoms with Crippen LogP contribution in [0.25, 0.3) is 0 Å². The lowest BCUT2D eigenvalue weighted by molar-refractivity contribution is -0.190. The van der Waals surface area contributed by atoms with Gasteiger partial charge in [0.2, 0.25) is 5.72 Å². The molecule has 2 aromatic heterocycles. The molecule has 1 atom stereocenters. The Labute approximate surface area is 195 Å². The lowest BCUT2D eigenvalue weighted by atomic mass is 10.1. The minimum atomic E-state index is -3.58. The van der Waals surface area contributed by atoms with E-state index in [9.17, 15) is 45.0 Å². The van der Waals surface area contributed by atoms with Crippen LogP contribution in [0.3, 0.4) is 0 Å². The molecule has 0 saturated carbocycles. The largest absolute Gasteiger partial charge is 0.364 e. The van der Waals surface area contributed by atoms with E-state index in [1.54, 1.807) is 6.92 Å². The summed E-state index contributed by atoms with van der Waals surface area (Å²) < 4.78 is 107. The molecule has 0 saturated heterocycles. The molecule has 1 aliphatic heterocycles. The molecule has 0 radical (unpaired) electrons. The summed E-state index contributed by atoms with van der Waals surface area (Å²) in [5.41, 5.74) is -5.95. The van der Waals surface area contributed by atoms with Crippen molar-refractivity contribution in [2.75, 3.05) is 5.75 Å². The Morgan fingerprint density at radius 1 is 1.11 bits per heavy atom. The van der Waals surface area contributed by atoms with Crippen LogP contribution in [0.1, 0.15) is 43.4 Å². The normalized spacial score (nSPS) is 18.6. The van der Waals surface area contributed by atoms with Crippen LogP contribution in [0.15, 0.2) is 16.3 Å². The predicted octanol–water partition coefficient (Wildman–Crippen LogP) is 3.32. The molecule has 35 heavy (non-hydrogen) atoms. The van der Waals surface area contributed by atoms with Crippen molar-refractivity contribution in [2.45, 2.75) is 63.0 Å². The van der Waals surface area contributed by atoms with Gasteiger partial charge >= 0.3 is 0 Å². The number of carbonyl (C=O) groups is 1. The molecular formula is C17H17F8N7O2S. The van der Waals surface area contributed by atoms with Gasteiger partial charge in [0, 0.05) is 13.0 Å². The van der Waals surface area contributed by atoms with Gasteiger partial charge in [0.25, 0.3) is 31.6 Å². The zero-order valence-electron chi connectivity index (χ0n) is 17.6. The van der Waals surface area contributed by atoms with Gasteiger partial charge in [0.15, 0.2) is 11.0 Å². The minimum Gasteiger partial charge on any atom is -0.364 e. The van der Waals surface area contributed by atoms with Crippen LogP contribution in [0.5, 0.6) is 0 Å². The highest BCUT2D eigenvalue weighted by Gasteiger charge is 2.53. The maximum atomic E-state index is 13.3. The zero-order valence-corrected chi connectivity index (χ0v) is 18.4. The fraction of sp³-hybridized carbons (Fsp3) is 0.588. The Morgan fingerprint density at radius 2 is 1.80 bits per heavy atom. The lowest BCUT2D eigenvalue weighted by Crippen LogP contribution is -2.52. The molecule has 18 heteroatoms. The summed E-state index contributed by atoms with van der Waals surface area (Å²) in [5.74, 6) is -1.89. The number of alkyl halides is 8. The number of nitrogens with zero attached hydrogens (tertiary/aromatic N) is 7. The molecule has 1 amide bonds. The number of halogens is 8. The number of aliphatic hydroxyl groups is 1. The number of amides is 1. The average Bonchev–Trinajstić information content (AvgIpc) is 3.48. The second-order valence-corrected chi connectivity index (χ2v) is 8.08. The van der Waals surface area contributed by atoms with Crippen LogP contribution in [-0.2, 0) is 17.9 Å². The van der Waals surface area contributed by atoms with Crippen molar-refractivity contribution >= 4 is 23.4 Å². The van der Waals surface area contributed by atoms with Crippen LogP contribution in [0.4, 0.5) is 35.1 Å². The average molecular weight is 535 g/mol. The first-order valence-electron chi connectivity index (χ1n) is 9.76. The fourth-order valence-electron chi connectivity index (χ4n) is 3.20. The maximum absolute atomic E-state index is 13.3. The molecule has 0 spiro atoms. The van der Waals surface area contributed by atoms with Crippen LogP contribution in [0, 0.1) is 0 Å². The van der Waals surface area contributed by atoms with Gasteiger partial charge in [-0.15, -0.1) is 10.2 Å². The molecule has 3 heterocycles. The van der Waals surface area contributed by atoms with Crippen molar-refractivity contribution in [3.63, 3.8) is 0 Å². The molecule has 0 aromatic carbocycles. The summed E-state index contributed by atoms with van der Waals surface area (Å²) >= 11 is 0.628. The predicted molar refractivity (Wildman–Crippen MR) is 104 cm³/mol. The van der Waals surface area contributed by atoms with E-state index in [2.05, 4.69) is 20.4 Å². The number of carbonyl (C=O) groups excluding carboxylic acids is 1. The van der Waals surface area contributed by atoms with Gasteiger partial charge in [0.05, 0.1) is 5.75 Å². The first-order valence-corrected chi connectivity index (χ1v) is 10.8. The summed E-state index contributed by atoms with van der Waals surface area (Å²) in [6.07, 6.45) is -14.3. The molecule has 0 fully saturated rings. The summed E-state index contributed by atoms with van der Waals surface area (Å²) in [7, 11) is 0. The molecule has 9 nitrogen and oxygen atoms in total. The fourth-order valence-corrected chi connectivity index (χ4v) is 4.06. The Morgan fingerprint density at radius 3 is 2.34 bits per heavy atom. The summed E-state index contributed by atoms with van der Waals surface area (Å²) in [4.78, 5) is 12.4. The van der Waals surface area contributed by atoms with Gasteiger partial charge < -0.3 is 9.67 Å². The SMILES string of the molecule is CCn1c(Cn2nc(C(F)F)cc2C(F)F)nnc1SCC(=O)N1N=C(C(F)F)C[C@@]1(O)C(F)F. The van der Waals surface area contributed by atoms with Crippen molar-refractivity contribution in [1.82, 2.24) is 29.6 Å². The Bertz CT molecular complexity index is 1090. The summed E-state index contributed by atoms with van der Waals surface area (Å²) in [6.45, 7) is 1.25. The monoisotopic (exact) mass is 535 g/mol. The van der Waals surface area contributed by atoms with Gasteiger partial charge in [0.1, 0.15) is 23.6 Å². The van der Waals surface area contributed by atoms with Crippen molar-refractivity contribution < 1.29 is 45.0 Å². The topological polar surface area (TPSA) is 101 Å². The van der Waals surface area contributed by atoms with E-state index in [0.717, 1.165) is 0 Å². The standard InChI is InChI=1S/C17H17F8N7O2S/c1-2-30-10(5-31-9(14(22)23)3-7(28-31)12(18)19)26-27-16(30)35-6-11(33)32-17(34,15(24)25)4-8(29-32)13(20)21/h3,12-15,34H,2,4-6H2,1H3/t17-/m1/s1. The Balaban J connectivity index is 1.78. The number of thioether (sulfide) groups is 1. The van der Waals surface area contributed by atoms with Crippen LogP contribution >= 0.6 is 11.8 Å². The van der Waals surface area contributed by atoms with Crippen molar-refractivity contribution in [1.29, 1.82) is 0 Å². The molecule has 1 aliphatic rings. The van der Waals surface area contributed by atoms with Crippen LogP contribution in [-0.4, -0.2) is 70.6 Å². The van der Waals surface area contributed by atoms with E-state index in [-0.39, 0.29) is 22.5 Å². The van der Waals surface area contributed by atoms with Crippen LogP contribution < -0.4 is 0 Å². The molecule has 2 aromatic rings. The highest BCUT2D eigenvalue weighted by molar-refractivity contribution is 7.99. The molecule has 0 aliphatic carbocycles. The quantitative estimate of drug-likeness (QED) is 0.370. The van der Waals surface area contributed by atoms with Gasteiger partial charge in [-0.1, -0.05) is 11.8 Å². The lowest BCUT2D eigenvalue weighted by Gasteiger charge is -2.29. The van der Waals surface area contributed by atoms with Crippen molar-refractivity contribution in [3.05, 3.63) is 23.3 Å². The van der Waals surface area contributed by atoms with Gasteiger partial charge in [-0.3, -0.25) is 9.48 Å². The minimum absolute atomic E-state index is 0.00790. The third-order valence-corrected chi connectivity index (χ3v) is 5.83. The second-order valence-electron chi connectivity index (χ2n) is 7.14. The van der Waals surface area contributed by atoms with E-state index in [1.165, 1.54) is 4.57 Å². The highest BCUT2D eigenvalue weighted by atomic mass is 32.2. The van der Waals surface area contributed by atoms with Gasteiger partial charge in [-0.05, 0) is 13.0 Å². The maximum Gasteiger partial charge on any atom is 0.287 e. The molecule has 0 bridgehead atoms. The van der Waals surface area contributed by atoms with Crippen molar-refractivity contribution in [3.8, 4) is 0 Å². The van der Waals surface area contributed by atoms with E-state index in [1.807, 2.05) is 0 Å². The number of hydrogen-bond acceptors (Lipinski definition) is 7. The van der Waals surface area contributed by atoms with E-state index in [4.69, 9.17) is 0 Å². The first-order chi connectivity index (χ1) is 16.4. The van der Waals surface area contributed by atoms with Crippen LogP contribution in [0.2, 0.25) is 0 Å². The van der Waals surface area contributed by atoms with E-state index in [0.29, 0.717) is 22.5 Å². The summed E-state index contributed by atoms with van der Waals surface area (Å²) in [6, 6.07) is 0.560. The first kappa shape index (κ1) is 26.8. The van der Waals surface area contributed by atoms with Crippen molar-refractivity contribution in [2.24, 2.45) is 5.10 Å². The smallest absolute Gasteiger partial charge is 0.287 e. The molecule has 1 N–H and O–H groups in total. The Kier molecular flexibility index (Phi) is 8.03. The van der Waals surface area contributed by atoms with E-state index >= 15 is 0 Å². The number of hydrazone groups is 1. The zero-order chi connectivity index (χ0) is 26.1. The highest BCUT2D eigenvalue weighted by Crippen LogP contribution is 2.34. The Hall–Kier alpha value is -2.76. The number of hydrogen-bond donors (Lipinski definition) is 1. The van der Waals surface area contributed by atoms with E-state index < -0.39 is 73.2 Å².